The highest BCUT2D eigenvalue weighted by Gasteiger charge is 2.14. The van der Waals surface area contributed by atoms with E-state index in [0.717, 1.165) is 15.6 Å². The quantitative estimate of drug-likeness (QED) is 0.807. The standard InChI is InChI=1S/C15H13BrCl2O/c16-13-3-1-2-10(7-13)12(9-19)6-11-8-14(17)4-5-15(11)18/h1-5,7-8,12,19H,6,9H2. The van der Waals surface area contributed by atoms with E-state index < -0.39 is 0 Å². The monoisotopic (exact) mass is 358 g/mol. The van der Waals surface area contributed by atoms with Gasteiger partial charge in [0, 0.05) is 20.4 Å². The van der Waals surface area contributed by atoms with Crippen molar-refractivity contribution >= 4 is 39.1 Å². The smallest absolute Gasteiger partial charge is 0.0502 e. The summed E-state index contributed by atoms with van der Waals surface area (Å²) in [4.78, 5) is 0. The fourth-order valence-electron chi connectivity index (χ4n) is 2.01. The van der Waals surface area contributed by atoms with E-state index in [1.165, 1.54) is 0 Å². The Balaban J connectivity index is 2.26. The van der Waals surface area contributed by atoms with E-state index in [9.17, 15) is 5.11 Å². The van der Waals surface area contributed by atoms with Crippen molar-refractivity contribution in [1.29, 1.82) is 0 Å². The van der Waals surface area contributed by atoms with E-state index in [2.05, 4.69) is 15.9 Å². The molecule has 0 aliphatic carbocycles. The van der Waals surface area contributed by atoms with Crippen LogP contribution in [0, 0.1) is 0 Å². The first-order valence-electron chi connectivity index (χ1n) is 5.90. The van der Waals surface area contributed by atoms with Crippen LogP contribution in [-0.4, -0.2) is 11.7 Å². The maximum atomic E-state index is 9.60. The average Bonchev–Trinajstić information content (AvgIpc) is 2.39. The van der Waals surface area contributed by atoms with Crippen molar-refractivity contribution in [1.82, 2.24) is 0 Å². The summed E-state index contributed by atoms with van der Waals surface area (Å²) in [5.74, 6) is 0.00784. The van der Waals surface area contributed by atoms with Crippen LogP contribution in [-0.2, 0) is 6.42 Å². The van der Waals surface area contributed by atoms with Crippen molar-refractivity contribution in [3.05, 3.63) is 68.1 Å². The minimum Gasteiger partial charge on any atom is -0.396 e. The predicted octanol–water partition coefficient (Wildman–Crippen LogP) is 5.07. The van der Waals surface area contributed by atoms with Crippen LogP contribution in [0.15, 0.2) is 46.9 Å². The second-order valence-corrected chi connectivity index (χ2v) is 6.13. The van der Waals surface area contributed by atoms with Crippen molar-refractivity contribution in [2.45, 2.75) is 12.3 Å². The Morgan fingerprint density at radius 2 is 1.89 bits per heavy atom. The number of benzene rings is 2. The number of hydrogen-bond donors (Lipinski definition) is 1. The van der Waals surface area contributed by atoms with Gasteiger partial charge >= 0.3 is 0 Å². The van der Waals surface area contributed by atoms with Crippen LogP contribution in [0.25, 0.3) is 0 Å². The fourth-order valence-corrected chi connectivity index (χ4v) is 2.82. The summed E-state index contributed by atoms with van der Waals surface area (Å²) in [6.45, 7) is 0.0687. The Hall–Kier alpha value is -0.540. The number of halogens is 3. The third-order valence-corrected chi connectivity index (χ3v) is 4.11. The van der Waals surface area contributed by atoms with Gasteiger partial charge in [-0.25, -0.2) is 0 Å². The molecule has 0 aliphatic heterocycles. The van der Waals surface area contributed by atoms with Gasteiger partial charge in [-0.15, -0.1) is 0 Å². The van der Waals surface area contributed by atoms with E-state index in [4.69, 9.17) is 23.2 Å². The average molecular weight is 360 g/mol. The molecule has 2 aromatic rings. The Labute approximate surface area is 131 Å². The first-order valence-corrected chi connectivity index (χ1v) is 7.45. The van der Waals surface area contributed by atoms with E-state index >= 15 is 0 Å². The van der Waals surface area contributed by atoms with Gasteiger partial charge in [-0.3, -0.25) is 0 Å². The highest BCUT2D eigenvalue weighted by atomic mass is 79.9. The third-order valence-electron chi connectivity index (χ3n) is 3.01. The minimum absolute atomic E-state index is 0.00784. The van der Waals surface area contributed by atoms with Gasteiger partial charge in [-0.05, 0) is 47.9 Å². The molecule has 1 N–H and O–H groups in total. The highest BCUT2D eigenvalue weighted by Crippen LogP contribution is 2.28. The molecule has 0 aliphatic rings. The predicted molar refractivity (Wildman–Crippen MR) is 84.1 cm³/mol. The zero-order valence-corrected chi connectivity index (χ0v) is 13.2. The Kier molecular flexibility index (Phi) is 5.28. The minimum atomic E-state index is 0.00784. The summed E-state index contributed by atoms with van der Waals surface area (Å²) >= 11 is 15.6. The van der Waals surface area contributed by atoms with Crippen LogP contribution >= 0.6 is 39.1 Å². The number of rotatable bonds is 4. The molecule has 0 saturated heterocycles. The van der Waals surface area contributed by atoms with Crippen molar-refractivity contribution < 1.29 is 5.11 Å². The lowest BCUT2D eigenvalue weighted by molar-refractivity contribution is 0.264. The normalized spacial score (nSPS) is 12.4. The Morgan fingerprint density at radius 1 is 1.11 bits per heavy atom. The van der Waals surface area contributed by atoms with Gasteiger partial charge in [0.1, 0.15) is 0 Å². The molecule has 1 nitrogen and oxygen atoms in total. The van der Waals surface area contributed by atoms with Crippen molar-refractivity contribution in [3.63, 3.8) is 0 Å². The Bertz CT molecular complexity index is 572. The van der Waals surface area contributed by atoms with E-state index in [1.807, 2.05) is 30.3 Å². The van der Waals surface area contributed by atoms with Crippen LogP contribution in [0.4, 0.5) is 0 Å². The third kappa shape index (κ3) is 3.96. The maximum Gasteiger partial charge on any atom is 0.0502 e. The van der Waals surface area contributed by atoms with Crippen LogP contribution in [0.5, 0.6) is 0 Å². The van der Waals surface area contributed by atoms with E-state index in [-0.39, 0.29) is 12.5 Å². The topological polar surface area (TPSA) is 20.2 Å². The maximum absolute atomic E-state index is 9.60. The molecule has 0 radical (unpaired) electrons. The fraction of sp³-hybridized carbons (Fsp3) is 0.200. The number of hydrogen-bond acceptors (Lipinski definition) is 1. The molecular formula is C15H13BrCl2O. The largest absolute Gasteiger partial charge is 0.396 e. The highest BCUT2D eigenvalue weighted by molar-refractivity contribution is 9.10. The van der Waals surface area contributed by atoms with Crippen molar-refractivity contribution in [3.8, 4) is 0 Å². The molecule has 0 aromatic heterocycles. The molecule has 0 spiro atoms. The van der Waals surface area contributed by atoms with Gasteiger partial charge in [0.05, 0.1) is 6.61 Å². The number of aliphatic hydroxyl groups excluding tert-OH is 1. The van der Waals surface area contributed by atoms with Gasteiger partial charge in [0.2, 0.25) is 0 Å². The van der Waals surface area contributed by atoms with Crippen molar-refractivity contribution in [2.24, 2.45) is 0 Å². The lowest BCUT2D eigenvalue weighted by Crippen LogP contribution is -2.08. The summed E-state index contributed by atoms with van der Waals surface area (Å²) in [5.41, 5.74) is 2.03. The van der Waals surface area contributed by atoms with Gasteiger partial charge in [0.25, 0.3) is 0 Å². The Morgan fingerprint density at radius 3 is 2.58 bits per heavy atom. The molecule has 0 heterocycles. The molecule has 0 fully saturated rings. The van der Waals surface area contributed by atoms with Crippen LogP contribution in [0.3, 0.4) is 0 Å². The van der Waals surface area contributed by atoms with Gasteiger partial charge in [-0.2, -0.15) is 0 Å². The molecule has 0 saturated carbocycles. The number of aliphatic hydroxyl groups is 1. The lowest BCUT2D eigenvalue weighted by atomic mass is 9.93. The SMILES string of the molecule is OCC(Cc1cc(Cl)ccc1Cl)c1cccc(Br)c1. The molecule has 2 aromatic carbocycles. The second-order valence-electron chi connectivity index (χ2n) is 4.37. The van der Waals surface area contributed by atoms with E-state index in [1.54, 1.807) is 12.1 Å². The lowest BCUT2D eigenvalue weighted by Gasteiger charge is -2.16. The molecular weight excluding hydrogens is 347 g/mol. The molecule has 0 bridgehead atoms. The first kappa shape index (κ1) is 14.9. The molecule has 0 amide bonds. The molecule has 100 valence electrons. The van der Waals surface area contributed by atoms with Gasteiger partial charge in [0.15, 0.2) is 0 Å². The van der Waals surface area contributed by atoms with Crippen LogP contribution < -0.4 is 0 Å². The van der Waals surface area contributed by atoms with Gasteiger partial charge in [-0.1, -0.05) is 51.3 Å². The summed E-state index contributed by atoms with van der Waals surface area (Å²) in [6, 6.07) is 13.3. The molecule has 1 unspecified atom stereocenters. The second kappa shape index (κ2) is 6.76. The first-order chi connectivity index (χ1) is 9.10. The molecule has 2 rings (SSSR count). The summed E-state index contributed by atoms with van der Waals surface area (Å²) < 4.78 is 1.00. The van der Waals surface area contributed by atoms with Gasteiger partial charge < -0.3 is 5.11 Å². The van der Waals surface area contributed by atoms with Crippen molar-refractivity contribution in [2.75, 3.05) is 6.61 Å². The zero-order chi connectivity index (χ0) is 13.8. The van der Waals surface area contributed by atoms with Crippen LogP contribution in [0.1, 0.15) is 17.0 Å². The zero-order valence-electron chi connectivity index (χ0n) is 10.1. The molecule has 4 heteroatoms. The van der Waals surface area contributed by atoms with E-state index in [0.29, 0.717) is 16.5 Å². The molecule has 1 atom stereocenters. The molecule has 19 heavy (non-hydrogen) atoms. The summed E-state index contributed by atoms with van der Waals surface area (Å²) in [6.07, 6.45) is 0.659. The summed E-state index contributed by atoms with van der Waals surface area (Å²) in [5, 5.41) is 10.9. The summed E-state index contributed by atoms with van der Waals surface area (Å²) in [7, 11) is 0. The van der Waals surface area contributed by atoms with Crippen LogP contribution in [0.2, 0.25) is 10.0 Å².